The molecule has 0 aliphatic heterocycles. The molecule has 0 amide bonds. The summed E-state index contributed by atoms with van der Waals surface area (Å²) in [6.45, 7) is 8.86. The molecule has 0 aromatic heterocycles. The quantitative estimate of drug-likeness (QED) is 0.441. The van der Waals surface area contributed by atoms with Crippen LogP contribution in [0.3, 0.4) is 0 Å². The highest BCUT2D eigenvalue weighted by atomic mass is 16.1. The first kappa shape index (κ1) is 17.4. The smallest absolute Gasteiger partial charge is 0.155 e. The molecule has 0 saturated carbocycles. The summed E-state index contributed by atoms with van der Waals surface area (Å²) in [7, 11) is 0. The van der Waals surface area contributed by atoms with Crippen LogP contribution in [0.5, 0.6) is 0 Å². The Morgan fingerprint density at radius 2 is 1.67 bits per heavy atom. The third kappa shape index (κ3) is 8.49. The van der Waals surface area contributed by atoms with Crippen molar-refractivity contribution in [1.82, 2.24) is 0 Å². The summed E-state index contributed by atoms with van der Waals surface area (Å²) in [5.41, 5.74) is 0. The van der Waals surface area contributed by atoms with Gasteiger partial charge in [0, 0.05) is 6.42 Å². The van der Waals surface area contributed by atoms with Crippen LogP contribution in [0, 0.1) is 11.8 Å². The third-order valence-corrected chi connectivity index (χ3v) is 3.96. The summed E-state index contributed by atoms with van der Waals surface area (Å²) >= 11 is 0. The Labute approximate surface area is 114 Å². The van der Waals surface area contributed by atoms with Crippen molar-refractivity contribution < 1.29 is 4.79 Å². The van der Waals surface area contributed by atoms with E-state index in [0.717, 1.165) is 25.2 Å². The Bertz CT molecular complexity index is 226. The second kappa shape index (κ2) is 11.5. The molecule has 0 saturated heterocycles. The van der Waals surface area contributed by atoms with E-state index in [0.29, 0.717) is 11.7 Å². The lowest BCUT2D eigenvalue weighted by atomic mass is 9.95. The number of hydrogen-bond acceptors (Lipinski definition) is 1. The van der Waals surface area contributed by atoms with Crippen LogP contribution < -0.4 is 0 Å². The Morgan fingerprint density at radius 3 is 2.17 bits per heavy atom. The fourth-order valence-electron chi connectivity index (χ4n) is 2.27. The second-order valence-electron chi connectivity index (χ2n) is 5.36. The van der Waals surface area contributed by atoms with Gasteiger partial charge in [0.15, 0.2) is 5.78 Å². The summed E-state index contributed by atoms with van der Waals surface area (Å²) in [5.74, 6) is 1.64. The molecule has 0 aromatic carbocycles. The highest BCUT2D eigenvalue weighted by molar-refractivity contribution is 5.89. The van der Waals surface area contributed by atoms with Crippen LogP contribution in [-0.4, -0.2) is 5.78 Å². The van der Waals surface area contributed by atoms with Gasteiger partial charge in [0.1, 0.15) is 0 Å². The maximum atomic E-state index is 11.8. The second-order valence-corrected chi connectivity index (χ2v) is 5.36. The highest BCUT2D eigenvalue weighted by Crippen LogP contribution is 2.16. The third-order valence-electron chi connectivity index (χ3n) is 3.96. The van der Waals surface area contributed by atoms with Crippen molar-refractivity contribution >= 4 is 5.78 Å². The zero-order chi connectivity index (χ0) is 13.8. The van der Waals surface area contributed by atoms with E-state index >= 15 is 0 Å². The average molecular weight is 252 g/mol. The molecular weight excluding hydrogens is 220 g/mol. The number of carbonyl (C=O) groups excluding carboxylic acids is 1. The van der Waals surface area contributed by atoms with Gasteiger partial charge in [0.05, 0.1) is 0 Å². The fraction of sp³-hybridized carbons (Fsp3) is 0.824. The first-order valence-corrected chi connectivity index (χ1v) is 7.88. The topological polar surface area (TPSA) is 17.1 Å². The average Bonchev–Trinajstić information content (AvgIpc) is 2.40. The molecule has 0 heterocycles. The van der Waals surface area contributed by atoms with Gasteiger partial charge in [-0.05, 0) is 37.2 Å². The predicted octanol–water partition coefficient (Wildman–Crippen LogP) is 5.54. The number of rotatable bonds is 11. The van der Waals surface area contributed by atoms with Gasteiger partial charge in [-0.25, -0.2) is 0 Å². The minimum Gasteiger partial charge on any atom is -0.295 e. The molecule has 0 aliphatic carbocycles. The fourth-order valence-corrected chi connectivity index (χ4v) is 2.27. The summed E-state index contributed by atoms with van der Waals surface area (Å²) in [5, 5.41) is 0. The van der Waals surface area contributed by atoms with Gasteiger partial charge < -0.3 is 0 Å². The zero-order valence-corrected chi connectivity index (χ0v) is 12.9. The molecule has 0 aromatic rings. The summed E-state index contributed by atoms with van der Waals surface area (Å²) in [4.78, 5) is 11.8. The minimum absolute atomic E-state index is 0.317. The molecule has 1 heteroatoms. The SMILES string of the molecule is CCCCC(/C=C/C(=O)CCC(CC)CC)CC. The van der Waals surface area contributed by atoms with E-state index in [1.54, 1.807) is 0 Å². The largest absolute Gasteiger partial charge is 0.295 e. The van der Waals surface area contributed by atoms with Gasteiger partial charge in [0.2, 0.25) is 0 Å². The van der Waals surface area contributed by atoms with Crippen molar-refractivity contribution in [2.45, 2.75) is 79.1 Å². The van der Waals surface area contributed by atoms with Crippen LogP contribution >= 0.6 is 0 Å². The predicted molar refractivity (Wildman–Crippen MR) is 80.8 cm³/mol. The summed E-state index contributed by atoms with van der Waals surface area (Å²) in [6, 6.07) is 0. The van der Waals surface area contributed by atoms with E-state index in [9.17, 15) is 4.79 Å². The van der Waals surface area contributed by atoms with Crippen LogP contribution in [-0.2, 0) is 4.79 Å². The molecule has 0 fully saturated rings. The van der Waals surface area contributed by atoms with Gasteiger partial charge in [-0.1, -0.05) is 59.5 Å². The Kier molecular flexibility index (Phi) is 11.1. The van der Waals surface area contributed by atoms with Crippen molar-refractivity contribution in [3.63, 3.8) is 0 Å². The van der Waals surface area contributed by atoms with Gasteiger partial charge in [-0.15, -0.1) is 0 Å². The van der Waals surface area contributed by atoms with Crippen LogP contribution in [0.15, 0.2) is 12.2 Å². The van der Waals surface area contributed by atoms with Crippen molar-refractivity contribution in [3.05, 3.63) is 12.2 Å². The van der Waals surface area contributed by atoms with E-state index in [2.05, 4.69) is 33.8 Å². The molecule has 0 rings (SSSR count). The molecule has 18 heavy (non-hydrogen) atoms. The molecular formula is C17H32O. The minimum atomic E-state index is 0.317. The molecule has 1 atom stereocenters. The van der Waals surface area contributed by atoms with Crippen molar-refractivity contribution in [1.29, 1.82) is 0 Å². The first-order chi connectivity index (χ1) is 8.67. The number of carbonyl (C=O) groups is 1. The van der Waals surface area contributed by atoms with Gasteiger partial charge >= 0.3 is 0 Å². The molecule has 0 aliphatic rings. The molecule has 0 N–H and O–H groups in total. The molecule has 1 nitrogen and oxygen atoms in total. The maximum absolute atomic E-state index is 11.8. The molecule has 0 bridgehead atoms. The van der Waals surface area contributed by atoms with Crippen LogP contribution in [0.1, 0.15) is 79.1 Å². The van der Waals surface area contributed by atoms with E-state index in [1.165, 1.54) is 32.1 Å². The maximum Gasteiger partial charge on any atom is 0.155 e. The Morgan fingerprint density at radius 1 is 1.00 bits per heavy atom. The van der Waals surface area contributed by atoms with Crippen LogP contribution in [0.2, 0.25) is 0 Å². The molecule has 0 spiro atoms. The monoisotopic (exact) mass is 252 g/mol. The standard InChI is InChI=1S/C17H32O/c1-5-9-10-16(8-4)12-14-17(18)13-11-15(6-2)7-3/h12,14-16H,5-11,13H2,1-4H3/b14-12+. The van der Waals surface area contributed by atoms with Crippen molar-refractivity contribution in [2.75, 3.05) is 0 Å². The van der Waals surface area contributed by atoms with Crippen molar-refractivity contribution in [3.8, 4) is 0 Å². The molecule has 1 unspecified atom stereocenters. The number of allylic oxidation sites excluding steroid dienone is 2. The van der Waals surface area contributed by atoms with Crippen molar-refractivity contribution in [2.24, 2.45) is 11.8 Å². The number of ketones is 1. The zero-order valence-electron chi connectivity index (χ0n) is 12.9. The summed E-state index contributed by atoms with van der Waals surface area (Å²) in [6.07, 6.45) is 13.0. The van der Waals surface area contributed by atoms with E-state index in [-0.39, 0.29) is 0 Å². The van der Waals surface area contributed by atoms with Crippen LogP contribution in [0.25, 0.3) is 0 Å². The normalized spacial score (nSPS) is 13.4. The van der Waals surface area contributed by atoms with Gasteiger partial charge in [0.25, 0.3) is 0 Å². The van der Waals surface area contributed by atoms with E-state index in [4.69, 9.17) is 0 Å². The lowest BCUT2D eigenvalue weighted by molar-refractivity contribution is -0.114. The lowest BCUT2D eigenvalue weighted by Gasteiger charge is -2.10. The van der Waals surface area contributed by atoms with Gasteiger partial charge in [-0.3, -0.25) is 4.79 Å². The number of unbranched alkanes of at least 4 members (excludes halogenated alkanes) is 1. The van der Waals surface area contributed by atoms with Crippen LogP contribution in [0.4, 0.5) is 0 Å². The molecule has 106 valence electrons. The van der Waals surface area contributed by atoms with E-state index in [1.807, 2.05) is 6.08 Å². The number of hydrogen-bond donors (Lipinski definition) is 0. The summed E-state index contributed by atoms with van der Waals surface area (Å²) < 4.78 is 0. The highest BCUT2D eigenvalue weighted by Gasteiger charge is 2.07. The Balaban J connectivity index is 3.96. The Hall–Kier alpha value is -0.590. The van der Waals surface area contributed by atoms with E-state index < -0.39 is 0 Å². The lowest BCUT2D eigenvalue weighted by Crippen LogP contribution is -2.02. The van der Waals surface area contributed by atoms with Gasteiger partial charge in [-0.2, -0.15) is 0 Å². The molecule has 0 radical (unpaired) electrons. The first-order valence-electron chi connectivity index (χ1n) is 7.88.